The zero-order chi connectivity index (χ0) is 22.3. The van der Waals surface area contributed by atoms with Gasteiger partial charge < -0.3 is 9.57 Å². The minimum atomic E-state index is -0.437. The molecule has 0 aromatic heterocycles. The highest BCUT2D eigenvalue weighted by Gasteiger charge is 2.09. The van der Waals surface area contributed by atoms with E-state index in [2.05, 4.69) is 5.16 Å². The largest absolute Gasteiger partial charge is 0.488 e. The number of benzene rings is 4. The topological polar surface area (TPSA) is 74.0 Å². The molecule has 0 radical (unpaired) electrons. The number of nitro groups is 1. The lowest BCUT2D eigenvalue weighted by Crippen LogP contribution is -1.99. The number of nitro benzene ring substituents is 1. The summed E-state index contributed by atoms with van der Waals surface area (Å²) < 4.78 is 6.06. The van der Waals surface area contributed by atoms with E-state index in [1.807, 2.05) is 60.7 Å². The average Bonchev–Trinajstić information content (AvgIpc) is 2.82. The molecular weight excluding hydrogens is 428 g/mol. The van der Waals surface area contributed by atoms with Crippen molar-refractivity contribution in [2.24, 2.45) is 5.16 Å². The molecule has 4 aromatic rings. The molecule has 0 atom stereocenters. The number of hydrogen-bond donors (Lipinski definition) is 0. The van der Waals surface area contributed by atoms with Gasteiger partial charge in [0.2, 0.25) is 0 Å². The molecule has 32 heavy (non-hydrogen) atoms. The number of nitrogens with zero attached hydrogens (tertiary/aromatic N) is 2. The predicted octanol–water partition coefficient (Wildman–Crippen LogP) is 6.53. The number of fused-ring (bicyclic) bond motifs is 1. The predicted molar refractivity (Wildman–Crippen MR) is 125 cm³/mol. The van der Waals surface area contributed by atoms with Crippen LogP contribution in [0.5, 0.6) is 5.75 Å². The van der Waals surface area contributed by atoms with Crippen molar-refractivity contribution in [3.63, 3.8) is 0 Å². The van der Waals surface area contributed by atoms with Gasteiger partial charge in [0.1, 0.15) is 19.0 Å². The number of hydrogen-bond acceptors (Lipinski definition) is 5. The van der Waals surface area contributed by atoms with Gasteiger partial charge in [0, 0.05) is 22.7 Å². The molecule has 0 aliphatic rings. The quantitative estimate of drug-likeness (QED) is 0.175. The second-order valence-corrected chi connectivity index (χ2v) is 7.49. The zero-order valence-electron chi connectivity index (χ0n) is 17.0. The van der Waals surface area contributed by atoms with Crippen LogP contribution in [0.1, 0.15) is 16.7 Å². The van der Waals surface area contributed by atoms with Crippen molar-refractivity contribution in [3.05, 3.63) is 117 Å². The van der Waals surface area contributed by atoms with Crippen LogP contribution in [0.3, 0.4) is 0 Å². The molecule has 0 saturated heterocycles. The molecule has 0 unspecified atom stereocenters. The Bertz CT molecular complexity index is 1270. The summed E-state index contributed by atoms with van der Waals surface area (Å²) in [5.74, 6) is 0.668. The highest BCUT2D eigenvalue weighted by atomic mass is 35.5. The van der Waals surface area contributed by atoms with Crippen LogP contribution < -0.4 is 4.74 Å². The summed E-state index contributed by atoms with van der Waals surface area (Å²) in [6.07, 6.45) is 1.61. The van der Waals surface area contributed by atoms with Crippen molar-refractivity contribution in [2.75, 3.05) is 0 Å². The summed E-state index contributed by atoms with van der Waals surface area (Å²) in [6, 6.07) is 25.6. The molecule has 0 aliphatic heterocycles. The summed E-state index contributed by atoms with van der Waals surface area (Å²) >= 11 is 5.95. The van der Waals surface area contributed by atoms with Crippen LogP contribution >= 0.6 is 11.6 Å². The van der Waals surface area contributed by atoms with Gasteiger partial charge in [-0.3, -0.25) is 10.1 Å². The van der Waals surface area contributed by atoms with E-state index in [9.17, 15) is 10.1 Å². The highest BCUT2D eigenvalue weighted by Crippen LogP contribution is 2.28. The molecule has 160 valence electrons. The van der Waals surface area contributed by atoms with Gasteiger partial charge in [-0.1, -0.05) is 71.4 Å². The van der Waals surface area contributed by atoms with Crippen molar-refractivity contribution in [1.82, 2.24) is 0 Å². The lowest BCUT2D eigenvalue weighted by Gasteiger charge is -2.12. The molecule has 0 heterocycles. The molecule has 0 amide bonds. The number of non-ortho nitro benzene ring substituents is 1. The highest BCUT2D eigenvalue weighted by molar-refractivity contribution is 6.30. The Kier molecular flexibility index (Phi) is 6.63. The molecule has 0 saturated carbocycles. The maximum Gasteiger partial charge on any atom is 0.269 e. The van der Waals surface area contributed by atoms with Gasteiger partial charge in [-0.05, 0) is 40.1 Å². The van der Waals surface area contributed by atoms with Gasteiger partial charge in [0.15, 0.2) is 0 Å². The molecule has 0 fully saturated rings. The average molecular weight is 447 g/mol. The maximum atomic E-state index is 10.9. The molecule has 6 nitrogen and oxygen atoms in total. The Morgan fingerprint density at radius 2 is 1.72 bits per heavy atom. The van der Waals surface area contributed by atoms with E-state index < -0.39 is 4.92 Å². The van der Waals surface area contributed by atoms with Gasteiger partial charge in [0.25, 0.3) is 5.69 Å². The summed E-state index contributed by atoms with van der Waals surface area (Å²) in [5.41, 5.74) is 2.46. The Hall–Kier alpha value is -3.90. The first-order chi connectivity index (χ1) is 15.6. The molecule has 7 heteroatoms. The molecule has 4 aromatic carbocycles. The van der Waals surface area contributed by atoms with Crippen LogP contribution in [-0.2, 0) is 18.1 Å². The summed E-state index contributed by atoms with van der Waals surface area (Å²) in [7, 11) is 0. The fourth-order valence-corrected chi connectivity index (χ4v) is 3.36. The van der Waals surface area contributed by atoms with Crippen molar-refractivity contribution in [2.45, 2.75) is 13.2 Å². The molecule has 0 bridgehead atoms. The summed E-state index contributed by atoms with van der Waals surface area (Å²) in [6.45, 7) is 0.495. The van der Waals surface area contributed by atoms with Crippen molar-refractivity contribution in [3.8, 4) is 5.75 Å². The minimum absolute atomic E-state index is 0.0158. The lowest BCUT2D eigenvalue weighted by molar-refractivity contribution is -0.384. The van der Waals surface area contributed by atoms with Gasteiger partial charge in [0.05, 0.1) is 11.1 Å². The van der Waals surface area contributed by atoms with Crippen molar-refractivity contribution >= 4 is 34.3 Å². The number of rotatable bonds is 8. The fraction of sp³-hybridized carbons (Fsp3) is 0.0800. The summed E-state index contributed by atoms with van der Waals surface area (Å²) in [5, 5.41) is 17.7. The number of oxime groups is 1. The van der Waals surface area contributed by atoms with E-state index in [1.165, 1.54) is 12.1 Å². The first kappa shape index (κ1) is 21.3. The smallest absolute Gasteiger partial charge is 0.269 e. The summed E-state index contributed by atoms with van der Waals surface area (Å²) in [4.78, 5) is 15.9. The zero-order valence-corrected chi connectivity index (χ0v) is 17.7. The van der Waals surface area contributed by atoms with E-state index >= 15 is 0 Å². The number of ether oxygens (including phenoxy) is 1. The Morgan fingerprint density at radius 1 is 0.906 bits per heavy atom. The second-order valence-electron chi connectivity index (χ2n) is 7.05. The molecule has 0 spiro atoms. The lowest BCUT2D eigenvalue weighted by atomic mass is 10.0. The third kappa shape index (κ3) is 5.22. The fourth-order valence-electron chi connectivity index (χ4n) is 3.24. The molecular formula is C25H19ClN2O4. The van der Waals surface area contributed by atoms with Gasteiger partial charge in [-0.25, -0.2) is 0 Å². The van der Waals surface area contributed by atoms with Crippen molar-refractivity contribution in [1.29, 1.82) is 0 Å². The van der Waals surface area contributed by atoms with E-state index in [0.29, 0.717) is 22.9 Å². The standard InChI is InChI=1S/C25H19ClN2O4/c26-21-11-8-18(9-12-21)16-31-25-13-10-20-5-1-2-7-23(20)24(25)15-27-32-17-19-4-3-6-22(14-19)28(29)30/h1-15H,16-17H2/b27-15-. The first-order valence-corrected chi connectivity index (χ1v) is 10.3. The van der Waals surface area contributed by atoms with Crippen LogP contribution in [0.2, 0.25) is 5.02 Å². The van der Waals surface area contributed by atoms with Crippen LogP contribution in [-0.4, -0.2) is 11.1 Å². The van der Waals surface area contributed by atoms with E-state index in [4.69, 9.17) is 21.2 Å². The van der Waals surface area contributed by atoms with Crippen LogP contribution in [0, 0.1) is 10.1 Å². The first-order valence-electron chi connectivity index (χ1n) is 9.88. The second kappa shape index (κ2) is 9.94. The Balaban J connectivity index is 1.53. The van der Waals surface area contributed by atoms with E-state index in [0.717, 1.165) is 21.9 Å². The normalized spacial score (nSPS) is 11.0. The SMILES string of the molecule is O=[N+]([O-])c1cccc(CO/N=C\c2c(OCc3ccc(Cl)cc3)ccc3ccccc23)c1. The van der Waals surface area contributed by atoms with E-state index in [-0.39, 0.29) is 12.3 Å². The molecule has 0 N–H and O–H groups in total. The van der Waals surface area contributed by atoms with Gasteiger partial charge in [-0.15, -0.1) is 0 Å². The third-order valence-electron chi connectivity index (χ3n) is 4.85. The molecule has 4 rings (SSSR count). The monoisotopic (exact) mass is 446 g/mol. The third-order valence-corrected chi connectivity index (χ3v) is 5.10. The minimum Gasteiger partial charge on any atom is -0.488 e. The van der Waals surface area contributed by atoms with Gasteiger partial charge >= 0.3 is 0 Å². The van der Waals surface area contributed by atoms with E-state index in [1.54, 1.807) is 18.3 Å². The number of halogens is 1. The van der Waals surface area contributed by atoms with Gasteiger partial charge in [-0.2, -0.15) is 0 Å². The van der Waals surface area contributed by atoms with Crippen LogP contribution in [0.25, 0.3) is 10.8 Å². The maximum absolute atomic E-state index is 10.9. The Labute approximate surface area is 189 Å². The molecule has 0 aliphatic carbocycles. The van der Waals surface area contributed by atoms with Crippen LogP contribution in [0.15, 0.2) is 90.1 Å². The van der Waals surface area contributed by atoms with Crippen LogP contribution in [0.4, 0.5) is 5.69 Å². The van der Waals surface area contributed by atoms with Crippen molar-refractivity contribution < 1.29 is 14.5 Å². The Morgan fingerprint density at radius 3 is 2.53 bits per heavy atom.